The number of guanidine groups is 14. The van der Waals surface area contributed by atoms with Crippen molar-refractivity contribution < 1.29 is 4.39 Å². The topological polar surface area (TPSA) is 390 Å². The van der Waals surface area contributed by atoms with E-state index in [1.54, 1.807) is 28.0 Å². The van der Waals surface area contributed by atoms with Gasteiger partial charge in [-0.2, -0.15) is 130 Å². The van der Waals surface area contributed by atoms with Crippen LogP contribution in [0.25, 0.3) is 9.69 Å². The van der Waals surface area contributed by atoms with E-state index in [1.807, 2.05) is 0 Å². The van der Waals surface area contributed by atoms with Crippen molar-refractivity contribution in [2.24, 2.45) is 120 Å². The van der Waals surface area contributed by atoms with Crippen LogP contribution in [0.3, 0.4) is 0 Å². The molecule has 0 aromatic heterocycles. The van der Waals surface area contributed by atoms with Gasteiger partial charge in [0.1, 0.15) is 18.2 Å². The second-order valence-electron chi connectivity index (χ2n) is 31.8. The van der Waals surface area contributed by atoms with Gasteiger partial charge < -0.3 is 9.69 Å². The number of hydrogen-bond donors (Lipinski definition) is 0. The first-order valence-corrected chi connectivity index (χ1v) is 37.6. The second-order valence-corrected chi connectivity index (χ2v) is 31.8. The van der Waals surface area contributed by atoms with E-state index in [9.17, 15) is 4.39 Å². The first kappa shape index (κ1) is 79.2. The number of amidine groups is 10. The molecule has 588 valence electrons. The third-order valence-corrected chi connectivity index (χ3v) is 19.5. The third kappa shape index (κ3) is 15.6. The summed E-state index contributed by atoms with van der Waals surface area (Å²) in [7, 11) is 0. The van der Waals surface area contributed by atoms with Crippen LogP contribution in [0.5, 0.6) is 0 Å². The Kier molecular flexibility index (Phi) is 20.2. The van der Waals surface area contributed by atoms with Gasteiger partial charge in [-0.05, 0) is 129 Å². The highest BCUT2D eigenvalue weighted by Crippen LogP contribution is 2.33. The fraction of sp³-hybridized carbons (Fsp3) is 0.244. The van der Waals surface area contributed by atoms with Crippen molar-refractivity contribution in [3.8, 4) is 18.2 Å². The molecule has 6 aromatic rings. The molecule has 0 saturated carbocycles. The average Bonchev–Trinajstić information content (AvgIpc) is 0.776. The van der Waals surface area contributed by atoms with Crippen LogP contribution >= 0.6 is 0 Å². The molecule has 34 heteroatoms. The van der Waals surface area contributed by atoms with E-state index in [-0.39, 0.29) is 81.4 Å². The number of nitrogens with zero attached hydrogens (tertiary/aromatic N) is 33. The van der Waals surface area contributed by atoms with Gasteiger partial charge in [0.05, 0.1) is 0 Å². The molecule has 0 bridgehead atoms. The summed E-state index contributed by atoms with van der Waals surface area (Å²) in [6.07, 6.45) is -1.06. The Bertz CT molecular complexity index is 6040. The molecule has 120 heavy (non-hydrogen) atoms. The molecule has 0 saturated heterocycles. The summed E-state index contributed by atoms with van der Waals surface area (Å²) in [6.45, 7) is 52.5. The zero-order valence-corrected chi connectivity index (χ0v) is 68.5. The molecule has 12 heterocycles. The number of rotatable bonds is 6. The first-order valence-electron chi connectivity index (χ1n) is 37.6. The molecule has 0 amide bonds. The highest BCUT2D eigenvalue weighted by atomic mass is 19.1. The Morgan fingerprint density at radius 1 is 0.275 bits per heavy atom. The number of benzene rings is 6. The number of hydrogen-bond acceptors (Lipinski definition) is 31. The van der Waals surface area contributed by atoms with Crippen molar-refractivity contribution in [3.05, 3.63) is 232 Å². The number of aryl methyl sites for hydroxylation is 9. The predicted molar refractivity (Wildman–Crippen MR) is 469 cm³/mol. The molecule has 18 rings (SSSR count). The van der Waals surface area contributed by atoms with Crippen molar-refractivity contribution in [1.29, 1.82) is 15.8 Å². The van der Waals surface area contributed by atoms with Crippen LogP contribution in [0.4, 0.5) is 4.39 Å². The van der Waals surface area contributed by atoms with Crippen LogP contribution in [0.1, 0.15) is 162 Å². The van der Waals surface area contributed by atoms with Crippen LogP contribution in [0, 0.1) is 109 Å². The summed E-state index contributed by atoms with van der Waals surface area (Å²) in [6, 6.07) is 43.4. The lowest BCUT2D eigenvalue weighted by Gasteiger charge is -2.31. The highest BCUT2D eigenvalue weighted by molar-refractivity contribution is 6.38. The SMILES string of the molecule is CC(C)(C)c1ccc(C2=NC3=NC(c4ccc(C(C)(C)C)cc4)=NC4=NC(c5ccc(C(C)(C)C)cc5)=NC(=N2)N34)cc1.Cc1cc(C)c(C2=NC3=NC(c4c(C)cc(C)cc4C)=NC4=NC(c5c(C)cc(C)cc5C)=NC(=N2)N34)c(C)c1.[C-]#[N+]C1=NC2=NC(C#N)=NC3=NC(C#N)=NC(=N1)N32.[C-]#[N+]C1=NC2=NC(F)=NC3=NC(C#N)=NC(=N1)N23. The maximum Gasteiger partial charge on any atom is 0.378 e. The summed E-state index contributed by atoms with van der Waals surface area (Å²) in [4.78, 5) is 116. The normalized spacial score (nSPS) is 17.4. The Balaban J connectivity index is 0.000000133. The average molecular weight is 1590 g/mol. The van der Waals surface area contributed by atoms with Gasteiger partial charge in [0, 0.05) is 33.4 Å². The molecule has 0 radical (unpaired) electrons. The Morgan fingerprint density at radius 2 is 0.492 bits per heavy atom. The third-order valence-electron chi connectivity index (χ3n) is 19.5. The molecule has 0 fully saturated rings. The van der Waals surface area contributed by atoms with E-state index in [2.05, 4.69) is 303 Å². The number of nitriles is 3. The van der Waals surface area contributed by atoms with Crippen molar-refractivity contribution in [3.63, 3.8) is 0 Å². The highest BCUT2D eigenvalue weighted by Gasteiger charge is 2.43. The first-order chi connectivity index (χ1) is 57.1. The second kappa shape index (κ2) is 30.6. The van der Waals surface area contributed by atoms with Crippen molar-refractivity contribution >= 4 is 142 Å². The van der Waals surface area contributed by atoms with E-state index in [0.717, 1.165) is 71.7 Å². The molecule has 12 aliphatic rings. The minimum atomic E-state index is -1.06. The fourth-order valence-corrected chi connectivity index (χ4v) is 14.0. The summed E-state index contributed by atoms with van der Waals surface area (Å²) in [5, 5.41) is 26.4. The monoisotopic (exact) mass is 1590 g/mol. The van der Waals surface area contributed by atoms with Gasteiger partial charge in [0.15, 0.2) is 35.0 Å². The van der Waals surface area contributed by atoms with E-state index < -0.39 is 6.09 Å². The standard InChI is InChI=1S/C36H39N7.C33H33N7.C9N10.C8FN9/c1-34(2,3)25-16-10-22(11-17-25)28-37-31-39-29(23-12-18-26(19-13-23)35(4,5)6)41-33-42-30(40-32(38-28)43(31)33)24-14-20-27(21-15-24)36(7,8)9;1-16-10-19(4)25(20(5)11-16)28-34-31-36-29(26-21(6)12-17(2)13-22(26)7)38-33-39-30(37-32(35-28)40(31)33)27-23(8)14-18(3)15-24(27)9;1-12-6-17-8-15-4(2-10)13-7-14-5(3-11)16-9(18-6)19(7)8;1-11-5-16-7-13-3(2-10)12-6-14-4(9)15-8(17-5)18(6)7/h10-21H,1-9H3;10-15H,1-9H3;;. The van der Waals surface area contributed by atoms with Crippen LogP contribution in [0.15, 0.2) is 229 Å². The summed E-state index contributed by atoms with van der Waals surface area (Å²) in [5.41, 5.74) is 19.9. The van der Waals surface area contributed by atoms with Crippen LogP contribution in [0.2, 0.25) is 0 Å². The zero-order valence-electron chi connectivity index (χ0n) is 68.5. The van der Waals surface area contributed by atoms with Gasteiger partial charge in [-0.15, -0.1) is 33.1 Å². The zero-order chi connectivity index (χ0) is 85.3. The Hall–Kier alpha value is -16.0. The Morgan fingerprint density at radius 3 is 0.742 bits per heavy atom. The van der Waals surface area contributed by atoms with Crippen molar-refractivity contribution in [1.82, 2.24) is 19.6 Å². The van der Waals surface area contributed by atoms with Gasteiger partial charge in [-0.1, -0.05) is 188 Å². The summed E-state index contributed by atoms with van der Waals surface area (Å²) in [5.74, 6) is 5.01. The van der Waals surface area contributed by atoms with Crippen LogP contribution < -0.4 is 0 Å². The minimum Gasteiger partial charge on any atom is -0.394 e. The van der Waals surface area contributed by atoms with Gasteiger partial charge >= 0.3 is 41.8 Å². The molecule has 0 atom stereocenters. The summed E-state index contributed by atoms with van der Waals surface area (Å²) >= 11 is 0. The van der Waals surface area contributed by atoms with E-state index in [0.29, 0.717) is 70.8 Å². The van der Waals surface area contributed by atoms with Crippen LogP contribution in [-0.4, -0.2) is 162 Å². The number of aliphatic imine (C=N–C) groups is 24. The van der Waals surface area contributed by atoms with Crippen LogP contribution in [-0.2, 0) is 16.2 Å². The van der Waals surface area contributed by atoms with Gasteiger partial charge in [-0.25, -0.2) is 9.80 Å². The molecule has 0 N–H and O–H groups in total. The molecule has 0 unspecified atom stereocenters. The van der Waals surface area contributed by atoms with E-state index in [4.69, 9.17) is 88.8 Å². The molecule has 12 aliphatic heterocycles. The quantitative estimate of drug-likeness (QED) is 0.114. The molecular weight excluding hydrogens is 1510 g/mol. The molecule has 6 aromatic carbocycles. The fourth-order valence-electron chi connectivity index (χ4n) is 14.0. The summed E-state index contributed by atoms with van der Waals surface area (Å²) < 4.78 is 13.2. The maximum absolute atomic E-state index is 13.2. The predicted octanol–water partition coefficient (Wildman–Crippen LogP) is 13.6. The van der Waals surface area contributed by atoms with Gasteiger partial charge in [0.25, 0.3) is 0 Å². The molecule has 0 spiro atoms. The molecule has 0 aliphatic carbocycles. The lowest BCUT2D eigenvalue weighted by atomic mass is 9.86. The lowest BCUT2D eigenvalue weighted by Crippen LogP contribution is -2.48. The minimum absolute atomic E-state index is 0.0274. The molecular formula is C86H72FN33. The smallest absolute Gasteiger partial charge is 0.378 e. The van der Waals surface area contributed by atoms with Crippen molar-refractivity contribution in [2.45, 2.75) is 141 Å². The Labute approximate surface area is 689 Å². The maximum atomic E-state index is 13.2. The van der Waals surface area contributed by atoms with E-state index >= 15 is 0 Å². The lowest BCUT2D eigenvalue weighted by molar-refractivity contribution is 0.590. The molecule has 33 nitrogen and oxygen atoms in total. The van der Waals surface area contributed by atoms with Crippen molar-refractivity contribution in [2.75, 3.05) is 0 Å². The largest absolute Gasteiger partial charge is 0.394 e. The van der Waals surface area contributed by atoms with Gasteiger partial charge in [-0.3, -0.25) is 0 Å². The van der Waals surface area contributed by atoms with E-state index in [1.165, 1.54) is 38.3 Å². The number of halogens is 1. The van der Waals surface area contributed by atoms with Gasteiger partial charge in [0.2, 0.25) is 65.2 Å².